The summed E-state index contributed by atoms with van der Waals surface area (Å²) in [5, 5.41) is 35.0. The number of aromatic amines is 1. The first-order valence-corrected chi connectivity index (χ1v) is 11.5. The molecule has 33 heavy (non-hydrogen) atoms. The van der Waals surface area contributed by atoms with Crippen molar-refractivity contribution in [2.24, 2.45) is 5.92 Å². The first kappa shape index (κ1) is 22.9. The predicted octanol–water partition coefficient (Wildman–Crippen LogP) is 3.71. The molecule has 1 heterocycles. The molecular formula is C26H30N2O5. The summed E-state index contributed by atoms with van der Waals surface area (Å²) in [7, 11) is 0. The Bertz CT molecular complexity index is 1120. The summed E-state index contributed by atoms with van der Waals surface area (Å²) in [6.07, 6.45) is 5.50. The highest BCUT2D eigenvalue weighted by Crippen LogP contribution is 2.36. The SMILES string of the molecule is O=C(O)[C@H](Cc1c[nH]c2ccccc12)NC(=O)[C@@H](c1ccccc1O)[C@@H](O)C1CCCCC1. The van der Waals surface area contributed by atoms with Gasteiger partial charge >= 0.3 is 5.97 Å². The Labute approximate surface area is 192 Å². The Morgan fingerprint density at radius 2 is 1.73 bits per heavy atom. The number of carbonyl (C=O) groups excluding carboxylic acids is 1. The van der Waals surface area contributed by atoms with Crippen LogP contribution in [0.25, 0.3) is 10.9 Å². The molecule has 0 saturated heterocycles. The fourth-order valence-corrected chi connectivity index (χ4v) is 4.96. The van der Waals surface area contributed by atoms with Crippen molar-refractivity contribution in [3.05, 3.63) is 65.9 Å². The molecule has 3 atom stereocenters. The summed E-state index contributed by atoms with van der Waals surface area (Å²) in [6.45, 7) is 0. The summed E-state index contributed by atoms with van der Waals surface area (Å²) in [5.41, 5.74) is 1.98. The lowest BCUT2D eigenvalue weighted by Gasteiger charge is -2.32. The Balaban J connectivity index is 1.60. The second-order valence-corrected chi connectivity index (χ2v) is 8.89. The van der Waals surface area contributed by atoms with Crippen LogP contribution in [0.5, 0.6) is 5.75 Å². The Kier molecular flexibility index (Phi) is 6.99. The number of amides is 1. The van der Waals surface area contributed by atoms with E-state index in [4.69, 9.17) is 0 Å². The molecule has 0 aliphatic heterocycles. The average molecular weight is 451 g/mol. The van der Waals surface area contributed by atoms with E-state index in [0.29, 0.717) is 5.56 Å². The van der Waals surface area contributed by atoms with Gasteiger partial charge in [-0.3, -0.25) is 4.79 Å². The second kappa shape index (κ2) is 10.1. The molecule has 0 spiro atoms. The molecule has 7 nitrogen and oxygen atoms in total. The first-order valence-electron chi connectivity index (χ1n) is 11.5. The van der Waals surface area contributed by atoms with E-state index >= 15 is 0 Å². The number of nitrogens with one attached hydrogen (secondary N) is 2. The van der Waals surface area contributed by atoms with Gasteiger partial charge in [0, 0.05) is 29.1 Å². The normalized spacial score (nSPS) is 17.4. The summed E-state index contributed by atoms with van der Waals surface area (Å²) in [4.78, 5) is 28.6. The average Bonchev–Trinajstić information content (AvgIpc) is 3.23. The third-order valence-electron chi connectivity index (χ3n) is 6.74. The van der Waals surface area contributed by atoms with Crippen LogP contribution in [-0.2, 0) is 16.0 Å². The number of para-hydroxylation sites is 2. The topological polar surface area (TPSA) is 123 Å². The molecule has 0 bridgehead atoms. The molecule has 0 unspecified atom stereocenters. The number of aliphatic hydroxyl groups is 1. The highest BCUT2D eigenvalue weighted by molar-refractivity contribution is 5.90. The quantitative estimate of drug-likeness (QED) is 0.358. The number of aromatic hydroxyl groups is 1. The van der Waals surface area contributed by atoms with Crippen molar-refractivity contribution in [1.29, 1.82) is 0 Å². The van der Waals surface area contributed by atoms with E-state index in [1.165, 1.54) is 6.07 Å². The first-order chi connectivity index (χ1) is 16.0. The van der Waals surface area contributed by atoms with Crippen molar-refractivity contribution in [3.8, 4) is 5.75 Å². The molecule has 1 aromatic heterocycles. The Morgan fingerprint density at radius 3 is 2.45 bits per heavy atom. The molecule has 3 aromatic rings. The maximum atomic E-state index is 13.4. The number of H-pyrrole nitrogens is 1. The summed E-state index contributed by atoms with van der Waals surface area (Å²) < 4.78 is 0. The number of carboxylic acid groups (broad SMARTS) is 1. The van der Waals surface area contributed by atoms with Gasteiger partial charge < -0.3 is 25.6 Å². The van der Waals surface area contributed by atoms with Gasteiger partial charge in [0.25, 0.3) is 0 Å². The van der Waals surface area contributed by atoms with Gasteiger partial charge in [0.05, 0.1) is 12.0 Å². The fraction of sp³-hybridized carbons (Fsp3) is 0.385. The summed E-state index contributed by atoms with van der Waals surface area (Å²) in [6, 6.07) is 12.8. The van der Waals surface area contributed by atoms with Crippen molar-refractivity contribution in [2.75, 3.05) is 0 Å². The van der Waals surface area contributed by atoms with Gasteiger partial charge in [0.15, 0.2) is 0 Å². The highest BCUT2D eigenvalue weighted by Gasteiger charge is 2.37. The number of hydrogen-bond donors (Lipinski definition) is 5. The van der Waals surface area contributed by atoms with Gasteiger partial charge in [-0.1, -0.05) is 55.7 Å². The van der Waals surface area contributed by atoms with Crippen molar-refractivity contribution in [1.82, 2.24) is 10.3 Å². The number of hydrogen-bond acceptors (Lipinski definition) is 4. The minimum absolute atomic E-state index is 0.0778. The molecule has 1 fully saturated rings. The van der Waals surface area contributed by atoms with Crippen LogP contribution in [-0.4, -0.2) is 44.3 Å². The number of phenolic OH excluding ortho intramolecular Hbond substituents is 1. The molecule has 0 radical (unpaired) electrons. The van der Waals surface area contributed by atoms with Gasteiger partial charge in [-0.05, 0) is 36.5 Å². The number of phenols is 1. The van der Waals surface area contributed by atoms with Crippen LogP contribution in [0.15, 0.2) is 54.7 Å². The van der Waals surface area contributed by atoms with Crippen LogP contribution in [0.3, 0.4) is 0 Å². The number of fused-ring (bicyclic) bond motifs is 1. The van der Waals surface area contributed by atoms with Crippen LogP contribution >= 0.6 is 0 Å². The van der Waals surface area contributed by atoms with E-state index in [0.717, 1.165) is 48.6 Å². The number of rotatable bonds is 8. The van der Waals surface area contributed by atoms with E-state index < -0.39 is 29.9 Å². The third-order valence-corrected chi connectivity index (χ3v) is 6.74. The zero-order valence-electron chi connectivity index (χ0n) is 18.4. The molecule has 7 heteroatoms. The lowest BCUT2D eigenvalue weighted by atomic mass is 9.77. The molecular weight excluding hydrogens is 420 g/mol. The van der Waals surface area contributed by atoms with E-state index in [1.807, 2.05) is 24.3 Å². The van der Waals surface area contributed by atoms with E-state index in [1.54, 1.807) is 24.4 Å². The monoisotopic (exact) mass is 450 g/mol. The Hall–Kier alpha value is -3.32. The van der Waals surface area contributed by atoms with Crippen LogP contribution < -0.4 is 5.32 Å². The standard InChI is InChI=1S/C26H30N2O5/c29-22-13-7-5-11-19(22)23(24(30)16-8-2-1-3-9-16)25(31)28-21(26(32)33)14-17-15-27-20-12-6-4-10-18(17)20/h4-7,10-13,15-16,21,23-24,27,29-30H,1-3,8-9,14H2,(H,28,31)(H,32,33)/t21-,23-,24-/m0/s1. The van der Waals surface area contributed by atoms with Crippen molar-refractivity contribution in [2.45, 2.75) is 56.6 Å². The van der Waals surface area contributed by atoms with Gasteiger partial charge in [-0.15, -0.1) is 0 Å². The molecule has 5 N–H and O–H groups in total. The minimum Gasteiger partial charge on any atom is -0.508 e. The number of aliphatic carboxylic acids is 1. The number of aromatic nitrogens is 1. The number of carbonyl (C=O) groups is 2. The fourth-order valence-electron chi connectivity index (χ4n) is 4.96. The van der Waals surface area contributed by atoms with Crippen LogP contribution in [0.1, 0.15) is 49.1 Å². The smallest absolute Gasteiger partial charge is 0.326 e. The van der Waals surface area contributed by atoms with Gasteiger partial charge in [0.1, 0.15) is 11.8 Å². The van der Waals surface area contributed by atoms with Crippen LogP contribution in [0.2, 0.25) is 0 Å². The molecule has 2 aromatic carbocycles. The van der Waals surface area contributed by atoms with E-state index in [-0.39, 0.29) is 18.1 Å². The van der Waals surface area contributed by atoms with Crippen LogP contribution in [0.4, 0.5) is 0 Å². The Morgan fingerprint density at radius 1 is 1.03 bits per heavy atom. The molecule has 1 amide bonds. The largest absolute Gasteiger partial charge is 0.508 e. The highest BCUT2D eigenvalue weighted by atomic mass is 16.4. The third kappa shape index (κ3) is 5.03. The summed E-state index contributed by atoms with van der Waals surface area (Å²) in [5.74, 6) is -2.97. The van der Waals surface area contributed by atoms with Crippen LogP contribution in [0, 0.1) is 5.92 Å². The van der Waals surface area contributed by atoms with E-state index in [9.17, 15) is 24.9 Å². The lowest BCUT2D eigenvalue weighted by molar-refractivity contribution is -0.142. The lowest BCUT2D eigenvalue weighted by Crippen LogP contribution is -2.47. The molecule has 1 aliphatic rings. The predicted molar refractivity (Wildman–Crippen MR) is 125 cm³/mol. The number of carboxylic acids is 1. The van der Waals surface area contributed by atoms with Crippen molar-refractivity contribution < 1.29 is 24.9 Å². The molecule has 4 rings (SSSR count). The maximum absolute atomic E-state index is 13.4. The van der Waals surface area contributed by atoms with Gasteiger partial charge in [0.2, 0.25) is 5.91 Å². The molecule has 174 valence electrons. The zero-order chi connectivity index (χ0) is 23.4. The maximum Gasteiger partial charge on any atom is 0.326 e. The number of benzene rings is 2. The van der Waals surface area contributed by atoms with Crippen molar-refractivity contribution in [3.63, 3.8) is 0 Å². The van der Waals surface area contributed by atoms with Crippen molar-refractivity contribution >= 4 is 22.8 Å². The zero-order valence-corrected chi connectivity index (χ0v) is 18.4. The molecule has 1 saturated carbocycles. The summed E-state index contributed by atoms with van der Waals surface area (Å²) >= 11 is 0. The molecule has 1 aliphatic carbocycles. The second-order valence-electron chi connectivity index (χ2n) is 8.89. The van der Waals surface area contributed by atoms with Gasteiger partial charge in [-0.2, -0.15) is 0 Å². The van der Waals surface area contributed by atoms with E-state index in [2.05, 4.69) is 10.3 Å². The number of aliphatic hydroxyl groups excluding tert-OH is 1. The minimum atomic E-state index is -1.18. The van der Waals surface area contributed by atoms with Gasteiger partial charge in [-0.25, -0.2) is 4.79 Å².